The molecule has 1 heterocycles. The maximum atomic E-state index is 13.4. The van der Waals surface area contributed by atoms with Crippen LogP contribution in [0.4, 0.5) is 4.39 Å². The molecule has 1 aromatic carbocycles. The predicted molar refractivity (Wildman–Crippen MR) is 82.8 cm³/mol. The van der Waals surface area contributed by atoms with Gasteiger partial charge in [-0.3, -0.25) is 4.79 Å². The van der Waals surface area contributed by atoms with Crippen LogP contribution >= 0.6 is 0 Å². The van der Waals surface area contributed by atoms with Gasteiger partial charge in [0.25, 0.3) is 0 Å². The molecule has 2 rings (SSSR count). The number of benzene rings is 1. The number of amides is 1. The molecule has 122 valence electrons. The van der Waals surface area contributed by atoms with E-state index in [0.717, 1.165) is 0 Å². The molecule has 0 spiro atoms. The molecule has 1 aromatic rings. The topological polar surface area (TPSA) is 75.3 Å². The Morgan fingerprint density at radius 2 is 2.05 bits per heavy atom. The van der Waals surface area contributed by atoms with Crippen molar-refractivity contribution in [3.63, 3.8) is 0 Å². The summed E-state index contributed by atoms with van der Waals surface area (Å²) in [5, 5.41) is 5.82. The quantitative estimate of drug-likeness (QED) is 0.771. The maximum Gasteiger partial charge on any atom is 0.221 e. The smallest absolute Gasteiger partial charge is 0.221 e. The molecule has 0 aromatic heterocycles. The minimum atomic E-state index is -2.89. The number of carbonyl (C=O) groups excluding carboxylic acids is 1. The fourth-order valence-corrected chi connectivity index (χ4v) is 4.18. The van der Waals surface area contributed by atoms with Crippen LogP contribution in [0.15, 0.2) is 24.3 Å². The third kappa shape index (κ3) is 5.38. The number of sulfone groups is 1. The fraction of sp³-hybridized carbons (Fsp3) is 0.533. The summed E-state index contributed by atoms with van der Waals surface area (Å²) < 4.78 is 36.0. The average Bonchev–Trinajstić information content (AvgIpc) is 2.80. The van der Waals surface area contributed by atoms with Gasteiger partial charge < -0.3 is 10.6 Å². The average molecular weight is 328 g/mol. The SMILES string of the molecule is O=C(CCNC1CCS(=O)(=O)C1)NCCc1ccccc1F. The van der Waals surface area contributed by atoms with Gasteiger partial charge in [0.2, 0.25) is 5.91 Å². The summed E-state index contributed by atoms with van der Waals surface area (Å²) in [5.74, 6) is -0.00735. The summed E-state index contributed by atoms with van der Waals surface area (Å²) in [6.07, 6.45) is 1.35. The van der Waals surface area contributed by atoms with Crippen LogP contribution in [0.3, 0.4) is 0 Å². The predicted octanol–water partition coefficient (Wildman–Crippen LogP) is 0.651. The molecular weight excluding hydrogens is 307 g/mol. The van der Waals surface area contributed by atoms with E-state index in [4.69, 9.17) is 0 Å². The molecule has 7 heteroatoms. The highest BCUT2D eigenvalue weighted by Gasteiger charge is 2.27. The largest absolute Gasteiger partial charge is 0.356 e. The van der Waals surface area contributed by atoms with Gasteiger partial charge in [-0.05, 0) is 24.5 Å². The molecular formula is C15H21FN2O3S. The number of rotatable bonds is 7. The van der Waals surface area contributed by atoms with Crippen molar-refractivity contribution in [1.82, 2.24) is 10.6 Å². The maximum absolute atomic E-state index is 13.4. The Labute approximate surface area is 130 Å². The van der Waals surface area contributed by atoms with E-state index in [9.17, 15) is 17.6 Å². The van der Waals surface area contributed by atoms with Crippen molar-refractivity contribution < 1.29 is 17.6 Å². The van der Waals surface area contributed by atoms with Crippen molar-refractivity contribution in [3.05, 3.63) is 35.6 Å². The van der Waals surface area contributed by atoms with Gasteiger partial charge in [0, 0.05) is 25.6 Å². The molecule has 1 amide bonds. The molecule has 22 heavy (non-hydrogen) atoms. The highest BCUT2D eigenvalue weighted by molar-refractivity contribution is 7.91. The van der Waals surface area contributed by atoms with Gasteiger partial charge in [0.15, 0.2) is 9.84 Å². The molecule has 5 nitrogen and oxygen atoms in total. The zero-order valence-corrected chi connectivity index (χ0v) is 13.2. The van der Waals surface area contributed by atoms with Crippen molar-refractivity contribution in [3.8, 4) is 0 Å². The zero-order chi connectivity index (χ0) is 16.0. The highest BCUT2D eigenvalue weighted by Crippen LogP contribution is 2.11. The number of hydrogen-bond donors (Lipinski definition) is 2. The van der Waals surface area contributed by atoms with Crippen molar-refractivity contribution in [2.45, 2.75) is 25.3 Å². The van der Waals surface area contributed by atoms with Crippen molar-refractivity contribution in [2.75, 3.05) is 24.6 Å². The Hall–Kier alpha value is -1.47. The van der Waals surface area contributed by atoms with Crippen LogP contribution < -0.4 is 10.6 Å². The zero-order valence-electron chi connectivity index (χ0n) is 12.3. The lowest BCUT2D eigenvalue weighted by Crippen LogP contribution is -2.34. The normalized spacial score (nSPS) is 20.0. The van der Waals surface area contributed by atoms with E-state index in [0.29, 0.717) is 31.5 Å². The summed E-state index contributed by atoms with van der Waals surface area (Å²) in [4.78, 5) is 11.7. The Morgan fingerprint density at radius 3 is 2.73 bits per heavy atom. The van der Waals surface area contributed by atoms with Crippen LogP contribution in [0.25, 0.3) is 0 Å². The molecule has 1 aliphatic rings. The minimum Gasteiger partial charge on any atom is -0.356 e. The summed E-state index contributed by atoms with van der Waals surface area (Å²) in [5.41, 5.74) is 0.581. The van der Waals surface area contributed by atoms with Gasteiger partial charge in [0.1, 0.15) is 5.82 Å². The molecule has 1 unspecified atom stereocenters. The standard InChI is InChI=1S/C15H21FN2O3S/c16-14-4-2-1-3-12(14)5-8-18-15(19)6-9-17-13-7-10-22(20,21)11-13/h1-4,13,17H,5-11H2,(H,18,19). The lowest BCUT2D eigenvalue weighted by atomic mass is 10.1. The molecule has 2 N–H and O–H groups in total. The van der Waals surface area contributed by atoms with Crippen molar-refractivity contribution >= 4 is 15.7 Å². The van der Waals surface area contributed by atoms with Gasteiger partial charge >= 0.3 is 0 Å². The van der Waals surface area contributed by atoms with Gasteiger partial charge in [-0.15, -0.1) is 0 Å². The van der Waals surface area contributed by atoms with Gasteiger partial charge in [-0.2, -0.15) is 0 Å². The third-order valence-corrected chi connectivity index (χ3v) is 5.46. The molecule has 1 fully saturated rings. The monoisotopic (exact) mass is 328 g/mol. The Kier molecular flexibility index (Phi) is 5.90. The van der Waals surface area contributed by atoms with E-state index < -0.39 is 9.84 Å². The van der Waals surface area contributed by atoms with Crippen LogP contribution in [0, 0.1) is 5.82 Å². The molecule has 0 aliphatic carbocycles. The van der Waals surface area contributed by atoms with E-state index in [1.807, 2.05) is 0 Å². The van der Waals surface area contributed by atoms with Gasteiger partial charge in [-0.1, -0.05) is 18.2 Å². The Balaban J connectivity index is 1.60. The lowest BCUT2D eigenvalue weighted by Gasteiger charge is -2.10. The first-order chi connectivity index (χ1) is 10.5. The van der Waals surface area contributed by atoms with E-state index >= 15 is 0 Å². The van der Waals surface area contributed by atoms with Crippen LogP contribution in [0.2, 0.25) is 0 Å². The second kappa shape index (κ2) is 7.69. The highest BCUT2D eigenvalue weighted by atomic mass is 32.2. The second-order valence-corrected chi connectivity index (χ2v) is 7.72. The van der Waals surface area contributed by atoms with Gasteiger partial charge in [0.05, 0.1) is 11.5 Å². The molecule has 1 atom stereocenters. The fourth-order valence-electron chi connectivity index (χ4n) is 2.47. The summed E-state index contributed by atoms with van der Waals surface area (Å²) in [6.45, 7) is 0.837. The number of carbonyl (C=O) groups is 1. The lowest BCUT2D eigenvalue weighted by molar-refractivity contribution is -0.120. The van der Waals surface area contributed by atoms with E-state index in [1.54, 1.807) is 18.2 Å². The van der Waals surface area contributed by atoms with E-state index in [1.165, 1.54) is 6.07 Å². The summed E-state index contributed by atoms with van der Waals surface area (Å²) >= 11 is 0. The minimum absolute atomic E-state index is 0.0452. The summed E-state index contributed by atoms with van der Waals surface area (Å²) in [7, 11) is -2.89. The first kappa shape index (κ1) is 16.9. The number of halogens is 1. The van der Waals surface area contributed by atoms with Crippen molar-refractivity contribution in [2.24, 2.45) is 0 Å². The van der Waals surface area contributed by atoms with Gasteiger partial charge in [-0.25, -0.2) is 12.8 Å². The molecule has 0 bridgehead atoms. The number of hydrogen-bond acceptors (Lipinski definition) is 4. The van der Waals surface area contributed by atoms with Crippen LogP contribution in [-0.2, 0) is 21.1 Å². The second-order valence-electron chi connectivity index (χ2n) is 5.50. The Bertz CT molecular complexity index is 619. The van der Waals surface area contributed by atoms with E-state index in [-0.39, 0.29) is 35.7 Å². The molecule has 1 saturated heterocycles. The van der Waals surface area contributed by atoms with Crippen LogP contribution in [0.5, 0.6) is 0 Å². The van der Waals surface area contributed by atoms with Crippen LogP contribution in [0.1, 0.15) is 18.4 Å². The molecule has 1 aliphatic heterocycles. The first-order valence-corrected chi connectivity index (χ1v) is 9.22. The molecule has 0 saturated carbocycles. The van der Waals surface area contributed by atoms with Crippen LogP contribution in [-0.4, -0.2) is 45.0 Å². The van der Waals surface area contributed by atoms with E-state index in [2.05, 4.69) is 10.6 Å². The molecule has 0 radical (unpaired) electrons. The van der Waals surface area contributed by atoms with Crippen molar-refractivity contribution in [1.29, 1.82) is 0 Å². The third-order valence-electron chi connectivity index (χ3n) is 3.69. The Morgan fingerprint density at radius 1 is 1.27 bits per heavy atom. The first-order valence-electron chi connectivity index (χ1n) is 7.40. The number of nitrogens with one attached hydrogen (secondary N) is 2. The summed E-state index contributed by atoms with van der Waals surface area (Å²) in [6, 6.07) is 6.45.